The molecule has 2 aliphatic heterocycles. The van der Waals surface area contributed by atoms with Crippen molar-refractivity contribution in [3.05, 3.63) is 36.0 Å². The van der Waals surface area contributed by atoms with Crippen molar-refractivity contribution in [2.75, 3.05) is 7.11 Å². The van der Waals surface area contributed by atoms with E-state index in [1.165, 1.54) is 6.92 Å². The second-order valence-electron chi connectivity index (χ2n) is 11.7. The molecular formula is C31H50O9. The standard InChI is InChI=1S/C31H50O9/c1-9-24(37-8)21(5)29-30(40-29)27(35)18(2)11-10-12-19(3)28-20(4)13-14-25(38-22(6)32)31(7,36)16-15-23(33)17-26(34)39-28/h10-14,18,20-21,23-25,27-30,33,35-36H,9,15-17H2,1-8H3/b11-10+,14-13+,19-12+/t18-,20+,21-,23-,24+,25-,27-,28-,29-,30-,31-/m1/s1. The minimum atomic E-state index is -1.42. The Morgan fingerprint density at radius 1 is 1.25 bits per heavy atom. The largest absolute Gasteiger partial charge is 0.457 e. The van der Waals surface area contributed by atoms with Gasteiger partial charge in [-0.15, -0.1) is 0 Å². The Balaban J connectivity index is 2.16. The highest BCUT2D eigenvalue weighted by Gasteiger charge is 2.50. The number of hydrogen-bond acceptors (Lipinski definition) is 9. The van der Waals surface area contributed by atoms with Crippen LogP contribution in [0.1, 0.15) is 74.1 Å². The number of methoxy groups -OCH3 is 1. The molecule has 2 rings (SSSR count). The monoisotopic (exact) mass is 566 g/mol. The van der Waals surface area contributed by atoms with Crippen LogP contribution in [-0.4, -0.2) is 82.7 Å². The quantitative estimate of drug-likeness (QED) is 0.157. The summed E-state index contributed by atoms with van der Waals surface area (Å²) in [6.07, 6.45) is 6.42. The van der Waals surface area contributed by atoms with Crippen molar-refractivity contribution in [1.82, 2.24) is 0 Å². The summed E-state index contributed by atoms with van der Waals surface area (Å²) in [6, 6.07) is 0. The number of carbonyl (C=O) groups excluding carboxylic acids is 2. The van der Waals surface area contributed by atoms with Crippen molar-refractivity contribution < 1.29 is 43.9 Å². The number of aliphatic hydroxyl groups excluding tert-OH is 2. The average molecular weight is 567 g/mol. The van der Waals surface area contributed by atoms with Gasteiger partial charge in [-0.05, 0) is 44.8 Å². The van der Waals surface area contributed by atoms with Crippen LogP contribution < -0.4 is 0 Å². The van der Waals surface area contributed by atoms with E-state index in [0.29, 0.717) is 0 Å². The molecule has 2 heterocycles. The third-order valence-corrected chi connectivity index (χ3v) is 8.09. The Morgan fingerprint density at radius 3 is 2.52 bits per heavy atom. The van der Waals surface area contributed by atoms with Gasteiger partial charge in [0.2, 0.25) is 0 Å². The van der Waals surface area contributed by atoms with E-state index in [0.717, 1.165) is 12.0 Å². The zero-order valence-electron chi connectivity index (χ0n) is 25.3. The smallest absolute Gasteiger partial charge is 0.309 e. The van der Waals surface area contributed by atoms with Crippen molar-refractivity contribution >= 4 is 11.9 Å². The maximum Gasteiger partial charge on any atom is 0.309 e. The summed E-state index contributed by atoms with van der Waals surface area (Å²) in [6.45, 7) is 12.6. The number of allylic oxidation sites excluding steroid dienone is 2. The molecule has 0 saturated carbocycles. The Bertz CT molecular complexity index is 920. The van der Waals surface area contributed by atoms with Crippen molar-refractivity contribution in [2.45, 2.75) is 122 Å². The lowest BCUT2D eigenvalue weighted by Gasteiger charge is -2.32. The Hall–Kier alpha value is -2.04. The normalized spacial score (nSPS) is 36.0. The molecule has 2 aliphatic rings. The number of epoxide rings is 1. The maximum atomic E-state index is 12.6. The van der Waals surface area contributed by atoms with Crippen LogP contribution in [0.4, 0.5) is 0 Å². The minimum Gasteiger partial charge on any atom is -0.457 e. The molecule has 0 amide bonds. The number of hydrogen-bond donors (Lipinski definition) is 3. The highest BCUT2D eigenvalue weighted by molar-refractivity contribution is 5.70. The Labute approximate surface area is 239 Å². The molecule has 0 aromatic rings. The van der Waals surface area contributed by atoms with E-state index >= 15 is 0 Å². The minimum absolute atomic E-state index is 0.0387. The van der Waals surface area contributed by atoms with Crippen LogP contribution in [0.3, 0.4) is 0 Å². The average Bonchev–Trinajstić information content (AvgIpc) is 3.68. The highest BCUT2D eigenvalue weighted by atomic mass is 16.6. The molecule has 3 N–H and O–H groups in total. The van der Waals surface area contributed by atoms with Crippen LogP contribution in [-0.2, 0) is 28.5 Å². The van der Waals surface area contributed by atoms with Gasteiger partial charge in [0.15, 0.2) is 0 Å². The first-order chi connectivity index (χ1) is 18.7. The third-order valence-electron chi connectivity index (χ3n) is 8.09. The van der Waals surface area contributed by atoms with Crippen LogP contribution in [0.2, 0.25) is 0 Å². The van der Waals surface area contributed by atoms with Gasteiger partial charge in [-0.1, -0.05) is 52.0 Å². The SMILES string of the molecule is CC[C@H](OC)[C@@H](C)[C@H]1O[C@@H]1[C@H](O)[C@H](C)/C=C/C=C(\C)[C@H]1OC(=O)C[C@H](O)CC[C@@](C)(O)[C@H](OC(C)=O)/C=C/[C@@H]1C. The molecule has 0 unspecified atom stereocenters. The summed E-state index contributed by atoms with van der Waals surface area (Å²) >= 11 is 0. The van der Waals surface area contributed by atoms with Crippen LogP contribution in [0.25, 0.3) is 0 Å². The third kappa shape index (κ3) is 9.80. The van der Waals surface area contributed by atoms with E-state index in [2.05, 4.69) is 13.8 Å². The Kier molecular flexibility index (Phi) is 13.0. The first kappa shape index (κ1) is 34.2. The second-order valence-corrected chi connectivity index (χ2v) is 11.7. The fraction of sp³-hybridized carbons (Fsp3) is 0.742. The second kappa shape index (κ2) is 15.3. The lowest BCUT2D eigenvalue weighted by molar-refractivity contribution is -0.157. The van der Waals surface area contributed by atoms with Crippen LogP contribution in [0.5, 0.6) is 0 Å². The van der Waals surface area contributed by atoms with E-state index in [1.54, 1.807) is 26.2 Å². The molecule has 0 aromatic carbocycles. The molecule has 9 heteroatoms. The van der Waals surface area contributed by atoms with Gasteiger partial charge < -0.3 is 34.3 Å². The molecule has 9 nitrogen and oxygen atoms in total. The topological polar surface area (TPSA) is 135 Å². The first-order valence-corrected chi connectivity index (χ1v) is 14.4. The van der Waals surface area contributed by atoms with Gasteiger partial charge >= 0.3 is 11.9 Å². The molecule has 228 valence electrons. The van der Waals surface area contributed by atoms with E-state index in [4.69, 9.17) is 18.9 Å². The van der Waals surface area contributed by atoms with Gasteiger partial charge in [-0.3, -0.25) is 9.59 Å². The first-order valence-electron chi connectivity index (χ1n) is 14.4. The van der Waals surface area contributed by atoms with Gasteiger partial charge in [0, 0.05) is 31.8 Å². The number of cyclic esters (lactones) is 1. The number of carbonyl (C=O) groups is 2. The summed E-state index contributed by atoms with van der Waals surface area (Å²) in [5.41, 5.74) is -0.666. The number of ether oxygens (including phenoxy) is 4. The zero-order chi connectivity index (χ0) is 30.2. The van der Waals surface area contributed by atoms with Gasteiger partial charge in [0.25, 0.3) is 0 Å². The molecule has 0 aromatic heterocycles. The summed E-state index contributed by atoms with van der Waals surface area (Å²) in [5.74, 6) is -1.39. The zero-order valence-corrected chi connectivity index (χ0v) is 25.3. The molecule has 40 heavy (non-hydrogen) atoms. The summed E-state index contributed by atoms with van der Waals surface area (Å²) in [7, 11) is 1.69. The molecule has 1 fully saturated rings. The van der Waals surface area contributed by atoms with Crippen LogP contribution >= 0.6 is 0 Å². The van der Waals surface area contributed by atoms with Crippen LogP contribution in [0, 0.1) is 17.8 Å². The van der Waals surface area contributed by atoms with E-state index in [9.17, 15) is 24.9 Å². The molecular weight excluding hydrogens is 516 g/mol. The highest BCUT2D eigenvalue weighted by Crippen LogP contribution is 2.37. The number of rotatable bonds is 10. The van der Waals surface area contributed by atoms with E-state index in [1.807, 2.05) is 39.0 Å². The van der Waals surface area contributed by atoms with Crippen molar-refractivity contribution in [3.8, 4) is 0 Å². The van der Waals surface area contributed by atoms with Crippen molar-refractivity contribution in [3.63, 3.8) is 0 Å². The molecule has 11 atom stereocenters. The van der Waals surface area contributed by atoms with Crippen molar-refractivity contribution in [1.29, 1.82) is 0 Å². The molecule has 0 spiro atoms. The predicted octanol–water partition coefficient (Wildman–Crippen LogP) is 3.65. The van der Waals surface area contributed by atoms with Gasteiger partial charge in [-0.25, -0.2) is 0 Å². The number of aliphatic hydroxyl groups is 3. The summed E-state index contributed by atoms with van der Waals surface area (Å²) in [5, 5.41) is 32.2. The lowest BCUT2D eigenvalue weighted by atomic mass is 9.88. The fourth-order valence-electron chi connectivity index (χ4n) is 5.32. The van der Waals surface area contributed by atoms with Gasteiger partial charge in [0.1, 0.15) is 23.9 Å². The molecule has 0 bridgehead atoms. The number of esters is 2. The Morgan fingerprint density at radius 2 is 1.93 bits per heavy atom. The van der Waals surface area contributed by atoms with E-state index in [-0.39, 0.29) is 55.3 Å². The molecule has 1 saturated heterocycles. The maximum absolute atomic E-state index is 12.6. The molecule has 0 radical (unpaired) electrons. The summed E-state index contributed by atoms with van der Waals surface area (Å²) < 4.78 is 22.5. The van der Waals surface area contributed by atoms with Gasteiger partial charge in [0.05, 0.1) is 30.8 Å². The lowest BCUT2D eigenvalue weighted by Crippen LogP contribution is -2.42. The van der Waals surface area contributed by atoms with Crippen LogP contribution in [0.15, 0.2) is 36.0 Å². The van der Waals surface area contributed by atoms with Gasteiger partial charge in [-0.2, -0.15) is 0 Å². The summed E-state index contributed by atoms with van der Waals surface area (Å²) in [4.78, 5) is 24.3. The fourth-order valence-corrected chi connectivity index (χ4v) is 5.32. The van der Waals surface area contributed by atoms with E-state index < -0.39 is 42.0 Å². The predicted molar refractivity (Wildman–Crippen MR) is 151 cm³/mol. The van der Waals surface area contributed by atoms with Crippen molar-refractivity contribution in [2.24, 2.45) is 17.8 Å². The molecule has 0 aliphatic carbocycles.